The number of likely N-dealkylation sites (tertiary alicyclic amines) is 1. The minimum absolute atomic E-state index is 0.0160. The van der Waals surface area contributed by atoms with Gasteiger partial charge in [-0.15, -0.1) is 0 Å². The Hall–Kier alpha value is -2.04. The number of amides is 1. The van der Waals surface area contributed by atoms with Crippen molar-refractivity contribution in [2.75, 3.05) is 13.2 Å². The number of carbonyl (C=O) groups excluding carboxylic acids is 1. The minimum atomic E-state index is -0.858. The summed E-state index contributed by atoms with van der Waals surface area (Å²) in [7, 11) is 0. The molecule has 1 aromatic carbocycles. The van der Waals surface area contributed by atoms with E-state index in [-0.39, 0.29) is 18.4 Å². The van der Waals surface area contributed by atoms with Crippen molar-refractivity contribution in [1.29, 1.82) is 0 Å². The lowest BCUT2D eigenvalue weighted by atomic mass is 10.1. The maximum atomic E-state index is 12.5. The van der Waals surface area contributed by atoms with Gasteiger partial charge in [-0.1, -0.05) is 13.8 Å². The molecule has 0 aliphatic carbocycles. The third-order valence-electron chi connectivity index (χ3n) is 4.11. The lowest BCUT2D eigenvalue weighted by Crippen LogP contribution is -2.36. The van der Waals surface area contributed by atoms with Gasteiger partial charge in [0.2, 0.25) is 0 Å². The molecular weight excluding hydrogens is 294 g/mol. The van der Waals surface area contributed by atoms with Crippen LogP contribution in [-0.4, -0.2) is 41.1 Å². The monoisotopic (exact) mass is 319 g/mol. The van der Waals surface area contributed by atoms with E-state index < -0.39 is 5.97 Å². The second-order valence-electron chi connectivity index (χ2n) is 6.45. The summed E-state index contributed by atoms with van der Waals surface area (Å²) in [6.45, 7) is 5.59. The number of rotatable bonds is 7. The van der Waals surface area contributed by atoms with E-state index in [2.05, 4.69) is 13.8 Å². The second-order valence-corrected chi connectivity index (χ2v) is 6.45. The molecule has 0 unspecified atom stereocenters. The molecule has 0 saturated carbocycles. The quantitative estimate of drug-likeness (QED) is 0.838. The smallest absolute Gasteiger partial charge is 0.305 e. The van der Waals surface area contributed by atoms with Gasteiger partial charge in [0.25, 0.3) is 5.91 Å². The molecule has 1 heterocycles. The van der Waals surface area contributed by atoms with Crippen molar-refractivity contribution in [3.63, 3.8) is 0 Å². The number of carbonyl (C=O) groups is 2. The number of aliphatic carboxylic acids is 1. The van der Waals surface area contributed by atoms with Crippen LogP contribution >= 0.6 is 0 Å². The SMILES string of the molecule is CC(C)CCOc1ccc(C(=O)N2CCC[C@H]2CC(=O)O)cc1. The van der Waals surface area contributed by atoms with Crippen LogP contribution in [-0.2, 0) is 4.79 Å². The first-order valence-electron chi connectivity index (χ1n) is 8.23. The Morgan fingerprint density at radius 1 is 1.30 bits per heavy atom. The van der Waals surface area contributed by atoms with E-state index in [0.717, 1.165) is 25.0 Å². The summed E-state index contributed by atoms with van der Waals surface area (Å²) in [6.07, 6.45) is 2.63. The van der Waals surface area contributed by atoms with Gasteiger partial charge >= 0.3 is 5.97 Å². The molecular formula is C18H25NO4. The minimum Gasteiger partial charge on any atom is -0.494 e. The largest absolute Gasteiger partial charge is 0.494 e. The van der Waals surface area contributed by atoms with Crippen LogP contribution < -0.4 is 4.74 Å². The molecule has 1 amide bonds. The first-order valence-corrected chi connectivity index (χ1v) is 8.23. The summed E-state index contributed by atoms with van der Waals surface area (Å²) < 4.78 is 5.65. The molecule has 1 atom stereocenters. The predicted octanol–water partition coefficient (Wildman–Crippen LogP) is 3.19. The number of carboxylic acid groups (broad SMARTS) is 1. The highest BCUT2D eigenvalue weighted by molar-refractivity contribution is 5.95. The van der Waals surface area contributed by atoms with Gasteiger partial charge in [0.15, 0.2) is 0 Å². The van der Waals surface area contributed by atoms with Gasteiger partial charge in [0, 0.05) is 18.2 Å². The Balaban J connectivity index is 1.95. The first-order chi connectivity index (χ1) is 11.0. The third kappa shape index (κ3) is 4.98. The molecule has 1 saturated heterocycles. The molecule has 0 spiro atoms. The maximum Gasteiger partial charge on any atom is 0.305 e. The average molecular weight is 319 g/mol. The number of nitrogens with zero attached hydrogens (tertiary/aromatic N) is 1. The summed E-state index contributed by atoms with van der Waals surface area (Å²) in [6, 6.07) is 6.92. The molecule has 1 fully saturated rings. The lowest BCUT2D eigenvalue weighted by Gasteiger charge is -2.23. The van der Waals surface area contributed by atoms with Crippen LogP contribution in [0, 0.1) is 5.92 Å². The van der Waals surface area contributed by atoms with Crippen LogP contribution in [0.2, 0.25) is 0 Å². The van der Waals surface area contributed by atoms with E-state index in [0.29, 0.717) is 24.6 Å². The highest BCUT2D eigenvalue weighted by Crippen LogP contribution is 2.23. The fourth-order valence-corrected chi connectivity index (χ4v) is 2.79. The molecule has 23 heavy (non-hydrogen) atoms. The summed E-state index contributed by atoms with van der Waals surface area (Å²) in [4.78, 5) is 25.1. The van der Waals surface area contributed by atoms with Crippen LogP contribution in [0.25, 0.3) is 0 Å². The Morgan fingerprint density at radius 3 is 2.61 bits per heavy atom. The summed E-state index contributed by atoms with van der Waals surface area (Å²) in [5.41, 5.74) is 0.582. The van der Waals surface area contributed by atoms with Gasteiger partial charge in [0.1, 0.15) is 5.75 Å². The Bertz CT molecular complexity index is 538. The van der Waals surface area contributed by atoms with E-state index in [1.54, 1.807) is 29.2 Å². The predicted molar refractivity (Wildman–Crippen MR) is 87.7 cm³/mol. The van der Waals surface area contributed by atoms with Crippen LogP contribution in [0.5, 0.6) is 5.75 Å². The number of hydrogen-bond acceptors (Lipinski definition) is 3. The van der Waals surface area contributed by atoms with Crippen LogP contribution in [0.4, 0.5) is 0 Å². The van der Waals surface area contributed by atoms with Crippen LogP contribution in [0.3, 0.4) is 0 Å². The molecule has 0 radical (unpaired) electrons. The number of carboxylic acids is 1. The Morgan fingerprint density at radius 2 is 2.00 bits per heavy atom. The van der Waals surface area contributed by atoms with Crippen molar-refractivity contribution in [2.24, 2.45) is 5.92 Å². The summed E-state index contributed by atoms with van der Waals surface area (Å²) >= 11 is 0. The standard InChI is InChI=1S/C18H25NO4/c1-13(2)9-11-23-16-7-5-14(6-8-16)18(22)19-10-3-4-15(19)12-17(20)21/h5-8,13,15H,3-4,9-12H2,1-2H3,(H,20,21)/t15-/m0/s1. The zero-order chi connectivity index (χ0) is 16.8. The highest BCUT2D eigenvalue weighted by atomic mass is 16.5. The van der Waals surface area contributed by atoms with Crippen molar-refractivity contribution in [1.82, 2.24) is 4.90 Å². The topological polar surface area (TPSA) is 66.8 Å². The molecule has 126 valence electrons. The van der Waals surface area contributed by atoms with E-state index in [4.69, 9.17) is 9.84 Å². The summed E-state index contributed by atoms with van der Waals surface area (Å²) in [5.74, 6) is 0.397. The van der Waals surface area contributed by atoms with Gasteiger partial charge < -0.3 is 14.7 Å². The molecule has 0 bridgehead atoms. The van der Waals surface area contributed by atoms with Crippen molar-refractivity contribution in [3.05, 3.63) is 29.8 Å². The Labute approximate surface area is 137 Å². The van der Waals surface area contributed by atoms with Crippen molar-refractivity contribution in [3.8, 4) is 5.75 Å². The molecule has 5 nitrogen and oxygen atoms in total. The molecule has 1 aliphatic heterocycles. The fraction of sp³-hybridized carbons (Fsp3) is 0.556. The van der Waals surface area contributed by atoms with Gasteiger partial charge in [-0.3, -0.25) is 9.59 Å². The second kappa shape index (κ2) is 7.99. The fourth-order valence-electron chi connectivity index (χ4n) is 2.79. The van der Waals surface area contributed by atoms with Gasteiger partial charge in [-0.25, -0.2) is 0 Å². The molecule has 1 aromatic rings. The average Bonchev–Trinajstić information content (AvgIpc) is 2.94. The molecule has 1 aliphatic rings. The van der Waals surface area contributed by atoms with Crippen molar-refractivity contribution < 1.29 is 19.4 Å². The maximum absolute atomic E-state index is 12.5. The molecule has 0 aromatic heterocycles. The summed E-state index contributed by atoms with van der Waals surface area (Å²) in [5, 5.41) is 8.95. The number of hydrogen-bond donors (Lipinski definition) is 1. The molecule has 1 N–H and O–H groups in total. The molecule has 2 rings (SSSR count). The van der Waals surface area contributed by atoms with Crippen molar-refractivity contribution in [2.45, 2.75) is 45.6 Å². The number of benzene rings is 1. The Kier molecular flexibility index (Phi) is 6.02. The third-order valence-corrected chi connectivity index (χ3v) is 4.11. The lowest BCUT2D eigenvalue weighted by molar-refractivity contribution is -0.137. The van der Waals surface area contributed by atoms with Crippen LogP contribution in [0.1, 0.15) is 49.9 Å². The van der Waals surface area contributed by atoms with E-state index in [1.807, 2.05) is 0 Å². The normalized spacial score (nSPS) is 17.5. The first kappa shape index (κ1) is 17.3. The van der Waals surface area contributed by atoms with E-state index in [9.17, 15) is 9.59 Å². The number of ether oxygens (including phenoxy) is 1. The zero-order valence-electron chi connectivity index (χ0n) is 13.8. The van der Waals surface area contributed by atoms with Gasteiger partial charge in [-0.2, -0.15) is 0 Å². The van der Waals surface area contributed by atoms with Gasteiger partial charge in [-0.05, 0) is 49.4 Å². The highest BCUT2D eigenvalue weighted by Gasteiger charge is 2.30. The van der Waals surface area contributed by atoms with E-state index >= 15 is 0 Å². The van der Waals surface area contributed by atoms with Gasteiger partial charge in [0.05, 0.1) is 13.0 Å². The van der Waals surface area contributed by atoms with E-state index in [1.165, 1.54) is 0 Å². The molecule has 5 heteroatoms. The van der Waals surface area contributed by atoms with Crippen LogP contribution in [0.15, 0.2) is 24.3 Å². The zero-order valence-corrected chi connectivity index (χ0v) is 13.8. The van der Waals surface area contributed by atoms with Crippen molar-refractivity contribution >= 4 is 11.9 Å².